The van der Waals surface area contributed by atoms with Gasteiger partial charge in [0.25, 0.3) is 5.91 Å². The van der Waals surface area contributed by atoms with Crippen LogP contribution in [0.3, 0.4) is 0 Å². The summed E-state index contributed by atoms with van der Waals surface area (Å²) < 4.78 is 56.1. The van der Waals surface area contributed by atoms with E-state index in [2.05, 4.69) is 10.1 Å². The van der Waals surface area contributed by atoms with Crippen LogP contribution in [-0.4, -0.2) is 18.5 Å². The lowest BCUT2D eigenvalue weighted by Crippen LogP contribution is -2.20. The number of hydrogen-bond donors (Lipinski definition) is 1. The SMILES string of the molecule is O=C(COC(=O)/C=C/c1ccccc1F)Nc1cc(C(F)(F)F)ccc1Cl. The van der Waals surface area contributed by atoms with Crippen LogP contribution >= 0.6 is 11.6 Å². The van der Waals surface area contributed by atoms with Gasteiger partial charge in [-0.05, 0) is 30.3 Å². The molecule has 0 aliphatic rings. The fraction of sp³-hybridized carbons (Fsp3) is 0.111. The number of carbonyl (C=O) groups excluding carboxylic acids is 2. The summed E-state index contributed by atoms with van der Waals surface area (Å²) in [6.45, 7) is -0.757. The molecule has 0 heterocycles. The number of rotatable bonds is 5. The standard InChI is InChI=1S/C18H12ClF4NO3/c19-13-7-6-12(18(21,22)23)9-15(13)24-16(25)10-27-17(26)8-5-11-3-1-2-4-14(11)20/h1-9H,10H2,(H,24,25)/b8-5+. The second-order valence-electron chi connectivity index (χ2n) is 5.20. The number of benzene rings is 2. The van der Waals surface area contributed by atoms with Gasteiger partial charge in [-0.25, -0.2) is 9.18 Å². The first-order chi connectivity index (χ1) is 12.7. The van der Waals surface area contributed by atoms with Crippen molar-refractivity contribution in [3.8, 4) is 0 Å². The molecule has 0 saturated carbocycles. The first-order valence-corrected chi connectivity index (χ1v) is 7.80. The van der Waals surface area contributed by atoms with Gasteiger partial charge in [-0.2, -0.15) is 13.2 Å². The minimum atomic E-state index is -4.60. The van der Waals surface area contributed by atoms with Crippen molar-refractivity contribution in [3.05, 3.63) is 70.5 Å². The fourth-order valence-electron chi connectivity index (χ4n) is 1.94. The summed E-state index contributed by atoms with van der Waals surface area (Å²) in [6, 6.07) is 8.11. The lowest BCUT2D eigenvalue weighted by atomic mass is 10.2. The Kier molecular flexibility index (Phi) is 6.57. The molecule has 0 unspecified atom stereocenters. The number of esters is 1. The first-order valence-electron chi connectivity index (χ1n) is 7.43. The highest BCUT2D eigenvalue weighted by atomic mass is 35.5. The summed E-state index contributed by atoms with van der Waals surface area (Å²) in [6.07, 6.45) is -2.52. The topological polar surface area (TPSA) is 55.4 Å². The molecule has 0 radical (unpaired) electrons. The molecule has 0 bridgehead atoms. The van der Waals surface area contributed by atoms with E-state index >= 15 is 0 Å². The molecule has 2 aromatic rings. The summed E-state index contributed by atoms with van der Waals surface area (Å²) in [5.74, 6) is -2.36. The minimum Gasteiger partial charge on any atom is -0.452 e. The molecular formula is C18H12ClF4NO3. The van der Waals surface area contributed by atoms with E-state index in [1.54, 1.807) is 6.07 Å². The number of nitrogens with one attached hydrogen (secondary N) is 1. The van der Waals surface area contributed by atoms with Crippen molar-refractivity contribution in [1.29, 1.82) is 0 Å². The molecule has 0 spiro atoms. The molecule has 9 heteroatoms. The molecule has 0 saturated heterocycles. The average molecular weight is 402 g/mol. The van der Waals surface area contributed by atoms with Crippen molar-refractivity contribution < 1.29 is 31.9 Å². The fourth-order valence-corrected chi connectivity index (χ4v) is 2.10. The Morgan fingerprint density at radius 1 is 1.15 bits per heavy atom. The van der Waals surface area contributed by atoms with Crippen LogP contribution in [0.1, 0.15) is 11.1 Å². The highest BCUT2D eigenvalue weighted by Crippen LogP contribution is 2.33. The zero-order chi connectivity index (χ0) is 20.0. The maximum Gasteiger partial charge on any atom is 0.416 e. The lowest BCUT2D eigenvalue weighted by molar-refractivity contribution is -0.142. The molecule has 1 amide bonds. The summed E-state index contributed by atoms with van der Waals surface area (Å²) in [7, 11) is 0. The molecule has 0 aromatic heterocycles. The molecule has 2 rings (SSSR count). The lowest BCUT2D eigenvalue weighted by Gasteiger charge is -2.11. The molecule has 142 valence electrons. The van der Waals surface area contributed by atoms with Crippen LogP contribution in [0.2, 0.25) is 5.02 Å². The Bertz CT molecular complexity index is 881. The van der Waals surface area contributed by atoms with Crippen LogP contribution in [-0.2, 0) is 20.5 Å². The van der Waals surface area contributed by atoms with Crippen molar-refractivity contribution >= 4 is 35.2 Å². The van der Waals surface area contributed by atoms with Gasteiger partial charge >= 0.3 is 12.1 Å². The van der Waals surface area contributed by atoms with E-state index in [0.717, 1.165) is 18.2 Å². The van der Waals surface area contributed by atoms with Crippen LogP contribution in [0, 0.1) is 5.82 Å². The second kappa shape index (κ2) is 8.68. The highest BCUT2D eigenvalue weighted by molar-refractivity contribution is 6.33. The summed E-state index contributed by atoms with van der Waals surface area (Å²) in [4.78, 5) is 23.3. The Hall–Kier alpha value is -2.87. The molecule has 0 aliphatic heterocycles. The van der Waals surface area contributed by atoms with Crippen molar-refractivity contribution in [1.82, 2.24) is 0 Å². The van der Waals surface area contributed by atoms with Crippen LogP contribution in [0.25, 0.3) is 6.08 Å². The molecule has 0 aliphatic carbocycles. The van der Waals surface area contributed by atoms with E-state index in [0.29, 0.717) is 6.07 Å². The number of alkyl halides is 3. The second-order valence-corrected chi connectivity index (χ2v) is 5.61. The zero-order valence-corrected chi connectivity index (χ0v) is 14.3. The zero-order valence-electron chi connectivity index (χ0n) is 13.5. The predicted octanol–water partition coefficient (Wildman–Crippen LogP) is 4.69. The summed E-state index contributed by atoms with van der Waals surface area (Å²) in [5, 5.41) is 2.02. The van der Waals surface area contributed by atoms with Crippen molar-refractivity contribution in [2.24, 2.45) is 0 Å². The Balaban J connectivity index is 1.93. The molecule has 4 nitrogen and oxygen atoms in total. The Morgan fingerprint density at radius 3 is 2.52 bits per heavy atom. The third-order valence-electron chi connectivity index (χ3n) is 3.22. The normalized spacial score (nSPS) is 11.4. The van der Waals surface area contributed by atoms with Crippen LogP contribution < -0.4 is 5.32 Å². The van der Waals surface area contributed by atoms with Gasteiger partial charge in [-0.1, -0.05) is 29.8 Å². The van der Waals surface area contributed by atoms with Gasteiger partial charge in [0.1, 0.15) is 5.82 Å². The van der Waals surface area contributed by atoms with Gasteiger partial charge in [0.15, 0.2) is 6.61 Å². The van der Waals surface area contributed by atoms with Crippen molar-refractivity contribution in [3.63, 3.8) is 0 Å². The van der Waals surface area contributed by atoms with E-state index in [-0.39, 0.29) is 16.3 Å². The van der Waals surface area contributed by atoms with Gasteiger partial charge in [-0.3, -0.25) is 4.79 Å². The quantitative estimate of drug-likeness (QED) is 0.449. The minimum absolute atomic E-state index is 0.109. The third-order valence-corrected chi connectivity index (χ3v) is 3.55. The van der Waals surface area contributed by atoms with E-state index in [9.17, 15) is 27.2 Å². The Labute approximate surface area is 156 Å². The Morgan fingerprint density at radius 2 is 1.85 bits per heavy atom. The van der Waals surface area contributed by atoms with Gasteiger partial charge in [-0.15, -0.1) is 0 Å². The molecule has 1 N–H and O–H groups in total. The summed E-state index contributed by atoms with van der Waals surface area (Å²) >= 11 is 5.75. The molecule has 27 heavy (non-hydrogen) atoms. The first kappa shape index (κ1) is 20.4. The van der Waals surface area contributed by atoms with Gasteiger partial charge in [0.2, 0.25) is 0 Å². The smallest absolute Gasteiger partial charge is 0.416 e. The number of anilines is 1. The summed E-state index contributed by atoms with van der Waals surface area (Å²) in [5.41, 5.74) is -1.11. The van der Waals surface area contributed by atoms with E-state index < -0.39 is 36.0 Å². The van der Waals surface area contributed by atoms with Crippen molar-refractivity contribution in [2.45, 2.75) is 6.18 Å². The van der Waals surface area contributed by atoms with Crippen molar-refractivity contribution in [2.75, 3.05) is 11.9 Å². The number of amides is 1. The van der Waals surface area contributed by atoms with E-state index in [4.69, 9.17) is 11.6 Å². The third kappa shape index (κ3) is 6.10. The molecular weight excluding hydrogens is 390 g/mol. The van der Waals surface area contributed by atoms with Crippen LogP contribution in [0.15, 0.2) is 48.5 Å². The number of ether oxygens (including phenoxy) is 1. The predicted molar refractivity (Wildman–Crippen MR) is 91.5 cm³/mol. The molecule has 0 fully saturated rings. The monoisotopic (exact) mass is 401 g/mol. The largest absolute Gasteiger partial charge is 0.452 e. The maximum atomic E-state index is 13.4. The van der Waals surface area contributed by atoms with E-state index in [1.165, 1.54) is 24.3 Å². The van der Waals surface area contributed by atoms with Crippen LogP contribution in [0.4, 0.5) is 23.2 Å². The average Bonchev–Trinajstić information content (AvgIpc) is 2.60. The number of halogens is 5. The van der Waals surface area contributed by atoms with Gasteiger partial charge in [0, 0.05) is 11.6 Å². The molecule has 2 aromatic carbocycles. The maximum absolute atomic E-state index is 13.4. The van der Waals surface area contributed by atoms with E-state index in [1.807, 2.05) is 0 Å². The highest BCUT2D eigenvalue weighted by Gasteiger charge is 2.31. The van der Waals surface area contributed by atoms with Crippen LogP contribution in [0.5, 0.6) is 0 Å². The molecule has 0 atom stereocenters. The number of hydrogen-bond acceptors (Lipinski definition) is 3. The van der Waals surface area contributed by atoms with Gasteiger partial charge in [0.05, 0.1) is 16.3 Å². The number of carbonyl (C=O) groups is 2. The van der Waals surface area contributed by atoms with Gasteiger partial charge < -0.3 is 10.1 Å².